The number of benzene rings is 1. The first-order chi connectivity index (χ1) is 9.15. The number of hydrogen-bond acceptors (Lipinski definition) is 5. The number of ether oxygens (including phenoxy) is 2. The Hall–Kier alpha value is -2.43. The molecule has 2 aromatic rings. The van der Waals surface area contributed by atoms with Gasteiger partial charge in [0.2, 0.25) is 11.7 Å². The summed E-state index contributed by atoms with van der Waals surface area (Å²) in [6.07, 6.45) is 1.30. The van der Waals surface area contributed by atoms with Crippen LogP contribution < -0.4 is 9.47 Å². The maximum absolute atomic E-state index is 12.4. The van der Waals surface area contributed by atoms with Crippen LogP contribution in [0.3, 0.4) is 0 Å². The molecule has 0 aliphatic heterocycles. The lowest BCUT2D eigenvalue weighted by Crippen LogP contribution is -2.07. The van der Waals surface area contributed by atoms with Crippen LogP contribution >= 0.6 is 0 Å². The lowest BCUT2D eigenvalue weighted by molar-refractivity contribution is 0.103. The van der Waals surface area contributed by atoms with Gasteiger partial charge in [0.05, 0.1) is 19.8 Å². The highest BCUT2D eigenvalue weighted by atomic mass is 16.5. The molecule has 0 amide bonds. The zero-order valence-corrected chi connectivity index (χ0v) is 11.0. The number of methoxy groups -OCH3 is 2. The van der Waals surface area contributed by atoms with Crippen LogP contribution in [-0.4, -0.2) is 30.0 Å². The van der Waals surface area contributed by atoms with Crippen LogP contribution in [-0.2, 0) is 0 Å². The molecule has 0 saturated carbocycles. The third-order valence-electron chi connectivity index (χ3n) is 2.68. The van der Waals surface area contributed by atoms with Crippen molar-refractivity contribution in [1.29, 1.82) is 0 Å². The van der Waals surface area contributed by atoms with E-state index in [1.54, 1.807) is 12.1 Å². The van der Waals surface area contributed by atoms with E-state index < -0.39 is 0 Å². The number of carbonyl (C=O) groups is 1. The van der Waals surface area contributed by atoms with E-state index in [4.69, 9.17) is 9.47 Å². The molecule has 0 spiro atoms. The van der Waals surface area contributed by atoms with Gasteiger partial charge in [-0.3, -0.25) is 4.79 Å². The van der Waals surface area contributed by atoms with Crippen molar-refractivity contribution in [3.63, 3.8) is 0 Å². The fraction of sp³-hybridized carbons (Fsp3) is 0.214. The Kier molecular flexibility index (Phi) is 3.75. The molecule has 0 N–H and O–H groups in total. The molecule has 0 aliphatic carbocycles. The molecule has 0 fully saturated rings. The smallest absolute Gasteiger partial charge is 0.216 e. The van der Waals surface area contributed by atoms with Crippen molar-refractivity contribution in [3.8, 4) is 11.6 Å². The van der Waals surface area contributed by atoms with Crippen molar-refractivity contribution in [2.45, 2.75) is 6.92 Å². The average molecular weight is 258 g/mol. The molecule has 0 unspecified atom stereocenters. The van der Waals surface area contributed by atoms with Gasteiger partial charge >= 0.3 is 0 Å². The number of aryl methyl sites for hydroxylation is 1. The van der Waals surface area contributed by atoms with Crippen LogP contribution in [0.15, 0.2) is 30.6 Å². The monoisotopic (exact) mass is 258 g/mol. The largest absolute Gasteiger partial charge is 0.496 e. The van der Waals surface area contributed by atoms with Crippen molar-refractivity contribution >= 4 is 5.78 Å². The minimum absolute atomic E-state index is 0.221. The van der Waals surface area contributed by atoms with Gasteiger partial charge in [-0.2, -0.15) is 0 Å². The maximum atomic E-state index is 12.4. The lowest BCUT2D eigenvalue weighted by Gasteiger charge is -2.08. The second-order valence-electron chi connectivity index (χ2n) is 3.98. The number of carbonyl (C=O) groups excluding carboxylic acids is 1. The van der Waals surface area contributed by atoms with Crippen LogP contribution in [0.1, 0.15) is 21.6 Å². The predicted molar refractivity (Wildman–Crippen MR) is 69.7 cm³/mol. The summed E-state index contributed by atoms with van der Waals surface area (Å²) in [5, 5.41) is 0. The standard InChI is InChI=1S/C14H14N2O3/c1-9-4-5-12(18-2)10(6-9)14(17)11-7-13(19-3)16-8-15-11/h4-8H,1-3H3. The van der Waals surface area contributed by atoms with Gasteiger partial charge < -0.3 is 9.47 Å². The summed E-state index contributed by atoms with van der Waals surface area (Å²) < 4.78 is 10.2. The van der Waals surface area contributed by atoms with Crippen LogP contribution in [0.5, 0.6) is 11.6 Å². The summed E-state index contributed by atoms with van der Waals surface area (Å²) in [4.78, 5) is 20.3. The number of aromatic nitrogens is 2. The van der Waals surface area contributed by atoms with Crippen molar-refractivity contribution < 1.29 is 14.3 Å². The van der Waals surface area contributed by atoms with Gasteiger partial charge in [-0.05, 0) is 19.1 Å². The van der Waals surface area contributed by atoms with E-state index >= 15 is 0 Å². The first-order valence-electron chi connectivity index (χ1n) is 5.71. The van der Waals surface area contributed by atoms with Gasteiger partial charge in [-0.1, -0.05) is 11.6 Å². The van der Waals surface area contributed by atoms with E-state index in [0.717, 1.165) is 5.56 Å². The van der Waals surface area contributed by atoms with Gasteiger partial charge in [-0.25, -0.2) is 9.97 Å². The molecule has 2 rings (SSSR count). The van der Waals surface area contributed by atoms with E-state index in [1.165, 1.54) is 26.6 Å². The van der Waals surface area contributed by atoms with Gasteiger partial charge in [0.15, 0.2) is 0 Å². The summed E-state index contributed by atoms with van der Waals surface area (Å²) in [6.45, 7) is 1.91. The zero-order valence-electron chi connectivity index (χ0n) is 11.0. The molecule has 1 heterocycles. The summed E-state index contributed by atoms with van der Waals surface area (Å²) in [5.74, 6) is 0.652. The van der Waals surface area contributed by atoms with Gasteiger partial charge in [0, 0.05) is 6.07 Å². The van der Waals surface area contributed by atoms with Crippen LogP contribution in [0, 0.1) is 6.92 Å². The maximum Gasteiger partial charge on any atom is 0.216 e. The first kappa shape index (κ1) is 13.0. The molecule has 1 aromatic carbocycles. The van der Waals surface area contributed by atoms with Crippen LogP contribution in [0.25, 0.3) is 0 Å². The highest BCUT2D eigenvalue weighted by molar-refractivity contribution is 6.09. The second-order valence-corrected chi connectivity index (χ2v) is 3.98. The highest BCUT2D eigenvalue weighted by Gasteiger charge is 2.16. The number of nitrogens with zero attached hydrogens (tertiary/aromatic N) is 2. The highest BCUT2D eigenvalue weighted by Crippen LogP contribution is 2.22. The normalized spacial score (nSPS) is 10.1. The van der Waals surface area contributed by atoms with E-state index in [2.05, 4.69) is 9.97 Å². The Morgan fingerprint density at radius 2 is 1.89 bits per heavy atom. The van der Waals surface area contributed by atoms with Crippen molar-refractivity contribution in [2.75, 3.05) is 14.2 Å². The molecule has 5 heteroatoms. The van der Waals surface area contributed by atoms with E-state index in [0.29, 0.717) is 17.2 Å². The third-order valence-corrected chi connectivity index (χ3v) is 2.68. The molecule has 98 valence electrons. The molecule has 0 bridgehead atoms. The predicted octanol–water partition coefficient (Wildman–Crippen LogP) is 2.03. The SMILES string of the molecule is COc1cc(C(=O)c2cc(C)ccc2OC)ncn1. The Bertz CT molecular complexity index is 611. The lowest BCUT2D eigenvalue weighted by atomic mass is 10.0. The molecule has 0 radical (unpaired) electrons. The molecule has 0 atom stereocenters. The van der Waals surface area contributed by atoms with Crippen LogP contribution in [0.4, 0.5) is 0 Å². The molecule has 0 aliphatic rings. The second kappa shape index (κ2) is 5.48. The minimum atomic E-state index is -0.221. The topological polar surface area (TPSA) is 61.3 Å². The number of ketones is 1. The summed E-state index contributed by atoms with van der Waals surface area (Å²) >= 11 is 0. The van der Waals surface area contributed by atoms with Gasteiger partial charge in [-0.15, -0.1) is 0 Å². The Morgan fingerprint density at radius 1 is 1.11 bits per heavy atom. The van der Waals surface area contributed by atoms with Crippen molar-refractivity contribution in [3.05, 3.63) is 47.4 Å². The first-order valence-corrected chi connectivity index (χ1v) is 5.71. The van der Waals surface area contributed by atoms with E-state index in [-0.39, 0.29) is 11.5 Å². The quantitative estimate of drug-likeness (QED) is 0.785. The van der Waals surface area contributed by atoms with E-state index in [9.17, 15) is 4.79 Å². The van der Waals surface area contributed by atoms with Crippen LogP contribution in [0.2, 0.25) is 0 Å². The van der Waals surface area contributed by atoms with Gasteiger partial charge in [0.25, 0.3) is 0 Å². The van der Waals surface area contributed by atoms with Crippen molar-refractivity contribution in [2.24, 2.45) is 0 Å². The Labute approximate surface area is 111 Å². The molecular weight excluding hydrogens is 244 g/mol. The fourth-order valence-corrected chi connectivity index (χ4v) is 1.71. The molecule has 5 nitrogen and oxygen atoms in total. The van der Waals surface area contributed by atoms with Crippen molar-refractivity contribution in [1.82, 2.24) is 9.97 Å². The molecule has 1 aromatic heterocycles. The van der Waals surface area contributed by atoms with E-state index in [1.807, 2.05) is 13.0 Å². The summed E-state index contributed by atoms with van der Waals surface area (Å²) in [5.41, 5.74) is 1.73. The summed E-state index contributed by atoms with van der Waals surface area (Å²) in [7, 11) is 3.02. The number of hydrogen-bond donors (Lipinski definition) is 0. The molecule has 19 heavy (non-hydrogen) atoms. The Balaban J connectivity index is 2.46. The fourth-order valence-electron chi connectivity index (χ4n) is 1.71. The summed E-state index contributed by atoms with van der Waals surface area (Å²) in [6, 6.07) is 6.93. The Morgan fingerprint density at radius 3 is 2.58 bits per heavy atom. The zero-order chi connectivity index (χ0) is 13.8. The molecule has 0 saturated heterocycles. The molecular formula is C14H14N2O3. The average Bonchev–Trinajstić information content (AvgIpc) is 2.46. The number of rotatable bonds is 4. The van der Waals surface area contributed by atoms with Gasteiger partial charge in [0.1, 0.15) is 17.8 Å². The third kappa shape index (κ3) is 2.70. The minimum Gasteiger partial charge on any atom is -0.496 e.